The highest BCUT2D eigenvalue weighted by Crippen LogP contribution is 2.39. The number of nitrogens with one attached hydrogen (secondary N) is 3. The Morgan fingerprint density at radius 2 is 2.12 bits per heavy atom. The van der Waals surface area contributed by atoms with Gasteiger partial charge >= 0.3 is 5.51 Å². The van der Waals surface area contributed by atoms with Gasteiger partial charge in [0.1, 0.15) is 28.6 Å². The Morgan fingerprint density at radius 3 is 2.90 bits per heavy atom. The smallest absolute Gasteiger partial charge is 0.447 e. The number of fused-ring (bicyclic) bond motifs is 2. The number of ether oxygens (including phenoxy) is 1. The van der Waals surface area contributed by atoms with Gasteiger partial charge in [0.25, 0.3) is 5.91 Å². The summed E-state index contributed by atoms with van der Waals surface area (Å²) in [6, 6.07) is 8.39. The van der Waals surface area contributed by atoms with Crippen LogP contribution in [0.3, 0.4) is 0 Å². The predicted molar refractivity (Wildman–Crippen MR) is 145 cm³/mol. The van der Waals surface area contributed by atoms with Gasteiger partial charge in [-0.25, -0.2) is 4.98 Å². The molecule has 3 N–H and O–H groups in total. The van der Waals surface area contributed by atoms with Gasteiger partial charge in [-0.3, -0.25) is 9.20 Å². The zero-order valence-electron chi connectivity index (χ0n) is 21.5. The van der Waals surface area contributed by atoms with Gasteiger partial charge in [0, 0.05) is 49.6 Å². The molecule has 10 nitrogen and oxygen atoms in total. The maximum absolute atomic E-state index is 13.5. The largest absolute Gasteiger partial charge is 0.495 e. The van der Waals surface area contributed by atoms with Gasteiger partial charge in [0.15, 0.2) is 5.65 Å². The molecule has 4 heterocycles. The van der Waals surface area contributed by atoms with Crippen LogP contribution in [-0.4, -0.2) is 62.3 Å². The first-order chi connectivity index (χ1) is 19.3. The third-order valence-corrected chi connectivity index (χ3v) is 7.09. The fourth-order valence-corrected chi connectivity index (χ4v) is 5.09. The number of aromatic nitrogens is 5. The Hall–Kier alpha value is -4.38. The number of imidazole rings is 1. The van der Waals surface area contributed by atoms with Gasteiger partial charge in [-0.2, -0.15) is 13.2 Å². The Morgan fingerprint density at radius 1 is 1.27 bits per heavy atom. The second kappa shape index (κ2) is 11.4. The van der Waals surface area contributed by atoms with Crippen molar-refractivity contribution in [2.24, 2.45) is 0 Å². The standard InChI is InChI=1S/C26H25F3N8O2S/c1-30-24(38)16-7-9-18(21(13-16)39-2)31-11-3-5-20-25(40-26(27,28)29)37-12-4-6-19(23(37)34-20)33-17-8-10-22-35-32-15-36(22)14-17/h4,6-7,9,12-13,15,17,31,33H,8,10-11,14H2,1-2H3,(H,30,38)/t17-/m1/s1. The zero-order chi connectivity index (χ0) is 28.3. The van der Waals surface area contributed by atoms with E-state index < -0.39 is 5.51 Å². The van der Waals surface area contributed by atoms with Crippen LogP contribution in [0, 0.1) is 11.8 Å². The van der Waals surface area contributed by atoms with Gasteiger partial charge in [-0.05, 0) is 42.7 Å². The average Bonchev–Trinajstić information content (AvgIpc) is 3.54. The molecule has 14 heteroatoms. The molecule has 0 saturated carbocycles. The van der Waals surface area contributed by atoms with E-state index in [1.54, 1.807) is 42.9 Å². The number of thioether (sulfide) groups is 1. The van der Waals surface area contributed by atoms with Crippen LogP contribution in [0.4, 0.5) is 24.5 Å². The van der Waals surface area contributed by atoms with Crippen molar-refractivity contribution in [3.05, 3.63) is 59.9 Å². The summed E-state index contributed by atoms with van der Waals surface area (Å²) in [4.78, 5) is 16.4. The number of rotatable bonds is 7. The molecule has 0 unspecified atom stereocenters. The number of amides is 1. The molecule has 3 aromatic heterocycles. The molecule has 5 rings (SSSR count). The molecule has 1 atom stereocenters. The number of carbonyl (C=O) groups excluding carboxylic acids is 1. The third-order valence-electron chi connectivity index (χ3n) is 6.27. The number of nitrogens with zero attached hydrogens (tertiary/aromatic N) is 5. The van der Waals surface area contributed by atoms with E-state index in [-0.39, 0.29) is 41.0 Å². The number of anilines is 2. The van der Waals surface area contributed by atoms with Crippen LogP contribution in [0.25, 0.3) is 5.65 Å². The molecule has 0 aliphatic carbocycles. The van der Waals surface area contributed by atoms with E-state index in [1.165, 1.54) is 18.6 Å². The first-order valence-corrected chi connectivity index (χ1v) is 13.1. The lowest BCUT2D eigenvalue weighted by Gasteiger charge is -2.25. The predicted octanol–water partition coefficient (Wildman–Crippen LogP) is 3.80. The lowest BCUT2D eigenvalue weighted by atomic mass is 10.1. The van der Waals surface area contributed by atoms with E-state index in [1.807, 2.05) is 4.57 Å². The van der Waals surface area contributed by atoms with Crippen LogP contribution in [0.5, 0.6) is 5.75 Å². The Balaban J connectivity index is 1.39. The van der Waals surface area contributed by atoms with Crippen LogP contribution in [0.1, 0.15) is 28.3 Å². The van der Waals surface area contributed by atoms with Gasteiger partial charge in [0.2, 0.25) is 0 Å². The summed E-state index contributed by atoms with van der Waals surface area (Å²) in [7, 11) is 3.01. The van der Waals surface area contributed by atoms with E-state index in [9.17, 15) is 18.0 Å². The summed E-state index contributed by atoms with van der Waals surface area (Å²) in [6.45, 7) is 0.744. The molecule has 1 aliphatic heterocycles. The number of methoxy groups -OCH3 is 1. The van der Waals surface area contributed by atoms with E-state index in [4.69, 9.17) is 4.74 Å². The van der Waals surface area contributed by atoms with Crippen molar-refractivity contribution in [1.82, 2.24) is 29.5 Å². The normalized spacial score (nSPS) is 14.7. The molecule has 0 radical (unpaired) electrons. The Bertz CT molecular complexity index is 1600. The Kier molecular flexibility index (Phi) is 7.74. The van der Waals surface area contributed by atoms with Crippen LogP contribution in [-0.2, 0) is 13.0 Å². The van der Waals surface area contributed by atoms with Gasteiger partial charge < -0.3 is 25.3 Å². The first kappa shape index (κ1) is 27.2. The molecule has 0 fully saturated rings. The van der Waals surface area contributed by atoms with Crippen molar-refractivity contribution in [3.8, 4) is 17.6 Å². The lowest BCUT2D eigenvalue weighted by Crippen LogP contribution is -2.31. The number of hydrogen-bond donors (Lipinski definition) is 3. The SMILES string of the molecule is CNC(=O)c1ccc(NCC#Cc2nc3c(N[C@@H]4CCc5nncn5C4)cccn3c2SC(F)(F)F)c(OC)c1. The fraction of sp³-hybridized carbons (Fsp3) is 0.308. The maximum atomic E-state index is 13.5. The van der Waals surface area contributed by atoms with Crippen molar-refractivity contribution in [2.45, 2.75) is 36.0 Å². The molecule has 4 aromatic rings. The highest BCUT2D eigenvalue weighted by Gasteiger charge is 2.33. The minimum Gasteiger partial charge on any atom is -0.495 e. The fourth-order valence-electron chi connectivity index (χ4n) is 4.43. The molecule has 0 saturated heterocycles. The molecule has 40 heavy (non-hydrogen) atoms. The second-order valence-electron chi connectivity index (χ2n) is 8.86. The maximum Gasteiger partial charge on any atom is 0.447 e. The van der Waals surface area contributed by atoms with Gasteiger partial charge in [-0.1, -0.05) is 5.92 Å². The number of aryl methyl sites for hydroxylation is 1. The minimum atomic E-state index is -4.53. The summed E-state index contributed by atoms with van der Waals surface area (Å²) in [5, 5.41) is 17.0. The highest BCUT2D eigenvalue weighted by molar-refractivity contribution is 8.00. The molecule has 1 aliphatic rings. The first-order valence-electron chi connectivity index (χ1n) is 12.3. The molecule has 0 spiro atoms. The Labute approximate surface area is 231 Å². The molecular formula is C26H25F3N8O2S. The number of pyridine rings is 1. The summed E-state index contributed by atoms with van der Waals surface area (Å²) in [5.41, 5.74) is -2.53. The second-order valence-corrected chi connectivity index (χ2v) is 9.91. The van der Waals surface area contributed by atoms with Crippen LogP contribution in [0.15, 0.2) is 47.9 Å². The molecule has 1 aromatic carbocycles. The van der Waals surface area contributed by atoms with Gasteiger partial charge in [-0.15, -0.1) is 10.2 Å². The lowest BCUT2D eigenvalue weighted by molar-refractivity contribution is -0.0330. The third kappa shape index (κ3) is 5.94. The van der Waals surface area contributed by atoms with Crippen molar-refractivity contribution in [2.75, 3.05) is 31.3 Å². The van der Waals surface area contributed by atoms with Crippen molar-refractivity contribution >= 4 is 34.7 Å². The number of halogens is 3. The van der Waals surface area contributed by atoms with Crippen LogP contribution in [0.2, 0.25) is 0 Å². The van der Waals surface area contributed by atoms with Crippen LogP contribution < -0.4 is 20.7 Å². The summed E-state index contributed by atoms with van der Waals surface area (Å²) < 4.78 is 49.2. The van der Waals surface area contributed by atoms with E-state index in [0.717, 1.165) is 18.7 Å². The van der Waals surface area contributed by atoms with E-state index >= 15 is 0 Å². The van der Waals surface area contributed by atoms with E-state index in [2.05, 4.69) is 43.0 Å². The van der Waals surface area contributed by atoms with Crippen molar-refractivity contribution in [3.63, 3.8) is 0 Å². The zero-order valence-corrected chi connectivity index (χ0v) is 22.4. The molecule has 0 bridgehead atoms. The number of benzene rings is 1. The van der Waals surface area contributed by atoms with E-state index in [0.29, 0.717) is 34.9 Å². The average molecular weight is 571 g/mol. The molecular weight excluding hydrogens is 545 g/mol. The van der Waals surface area contributed by atoms with Crippen molar-refractivity contribution in [1.29, 1.82) is 0 Å². The summed E-state index contributed by atoms with van der Waals surface area (Å²) >= 11 is -0.252. The van der Waals surface area contributed by atoms with Crippen LogP contribution >= 0.6 is 11.8 Å². The topological polar surface area (TPSA) is 110 Å². The van der Waals surface area contributed by atoms with Gasteiger partial charge in [0.05, 0.1) is 25.0 Å². The minimum absolute atomic E-state index is 0.0186. The number of hydrogen-bond acceptors (Lipinski definition) is 8. The van der Waals surface area contributed by atoms with Crippen molar-refractivity contribution < 1.29 is 22.7 Å². The number of alkyl halides is 3. The number of carbonyl (C=O) groups is 1. The summed E-state index contributed by atoms with van der Waals surface area (Å²) in [5.74, 6) is 6.73. The monoisotopic (exact) mass is 570 g/mol. The quantitative estimate of drug-likeness (QED) is 0.228. The highest BCUT2D eigenvalue weighted by atomic mass is 32.2. The summed E-state index contributed by atoms with van der Waals surface area (Å²) in [6.07, 6.45) is 4.76. The molecule has 1 amide bonds. The molecule has 208 valence electrons.